The molecule has 1 saturated carbocycles. The maximum absolute atomic E-state index is 12.0. The van der Waals surface area contributed by atoms with Crippen LogP contribution < -0.4 is 11.1 Å². The smallest absolute Gasteiger partial charge is 0.227 e. The molecule has 0 aromatic heterocycles. The van der Waals surface area contributed by atoms with Crippen LogP contribution in [0.5, 0.6) is 0 Å². The molecule has 18 heavy (non-hydrogen) atoms. The van der Waals surface area contributed by atoms with Gasteiger partial charge in [0.1, 0.15) is 0 Å². The van der Waals surface area contributed by atoms with Crippen LogP contribution in [0, 0.1) is 5.92 Å². The topological polar surface area (TPSA) is 55.1 Å². The molecule has 98 valence electrons. The van der Waals surface area contributed by atoms with Gasteiger partial charge in [-0.3, -0.25) is 4.79 Å². The Labute approximate surface area is 114 Å². The number of benzene rings is 1. The number of rotatable bonds is 4. The van der Waals surface area contributed by atoms with Crippen molar-refractivity contribution >= 4 is 18.3 Å². The van der Waals surface area contributed by atoms with Gasteiger partial charge in [-0.2, -0.15) is 0 Å². The van der Waals surface area contributed by atoms with E-state index in [4.69, 9.17) is 5.73 Å². The molecule has 2 unspecified atom stereocenters. The highest BCUT2D eigenvalue weighted by molar-refractivity contribution is 5.86. The summed E-state index contributed by atoms with van der Waals surface area (Å²) in [4.78, 5) is 12.0. The van der Waals surface area contributed by atoms with Crippen molar-refractivity contribution in [2.75, 3.05) is 6.54 Å². The van der Waals surface area contributed by atoms with Crippen molar-refractivity contribution in [1.82, 2.24) is 5.32 Å². The van der Waals surface area contributed by atoms with Crippen LogP contribution in [0.2, 0.25) is 0 Å². The third-order valence-corrected chi connectivity index (χ3v) is 3.91. The minimum absolute atomic E-state index is 0. The molecule has 1 aromatic carbocycles. The van der Waals surface area contributed by atoms with E-state index in [0.29, 0.717) is 12.5 Å². The number of hydrogen-bond acceptors (Lipinski definition) is 2. The Morgan fingerprint density at radius 1 is 1.39 bits per heavy atom. The van der Waals surface area contributed by atoms with Crippen molar-refractivity contribution < 1.29 is 4.79 Å². The number of amides is 1. The van der Waals surface area contributed by atoms with Crippen LogP contribution in [0.3, 0.4) is 0 Å². The Kier molecular flexibility index (Phi) is 3.93. The van der Waals surface area contributed by atoms with Crippen molar-refractivity contribution in [3.05, 3.63) is 35.4 Å². The fourth-order valence-corrected chi connectivity index (χ4v) is 2.53. The molecular weight excluding hydrogens is 248 g/mol. The summed E-state index contributed by atoms with van der Waals surface area (Å²) >= 11 is 0. The van der Waals surface area contributed by atoms with Gasteiger partial charge >= 0.3 is 0 Å². The van der Waals surface area contributed by atoms with Gasteiger partial charge in [-0.15, -0.1) is 12.4 Å². The number of carbonyl (C=O) groups is 1. The Hall–Kier alpha value is -1.06. The van der Waals surface area contributed by atoms with Gasteiger partial charge in [-0.25, -0.2) is 0 Å². The van der Waals surface area contributed by atoms with Crippen LogP contribution in [-0.4, -0.2) is 18.5 Å². The summed E-state index contributed by atoms with van der Waals surface area (Å²) in [6, 6.07) is 8.30. The number of nitrogens with two attached hydrogens (primary N) is 1. The summed E-state index contributed by atoms with van der Waals surface area (Å²) in [5, 5.41) is 2.98. The van der Waals surface area contributed by atoms with Crippen LogP contribution in [0.1, 0.15) is 29.9 Å². The highest BCUT2D eigenvalue weighted by Crippen LogP contribution is 2.35. The number of hydrogen-bond donors (Lipinski definition) is 2. The van der Waals surface area contributed by atoms with Crippen LogP contribution in [0.25, 0.3) is 0 Å². The molecule has 3 rings (SSSR count). The van der Waals surface area contributed by atoms with Gasteiger partial charge in [0, 0.05) is 12.6 Å². The van der Waals surface area contributed by atoms with Crippen molar-refractivity contribution in [3.8, 4) is 0 Å². The van der Waals surface area contributed by atoms with Gasteiger partial charge in [0.2, 0.25) is 5.91 Å². The number of fused-ring (bicyclic) bond motifs is 1. The number of halogens is 1. The van der Waals surface area contributed by atoms with E-state index >= 15 is 0 Å². The molecular formula is C14H19ClN2O. The van der Waals surface area contributed by atoms with E-state index in [2.05, 4.69) is 11.4 Å². The fourth-order valence-electron chi connectivity index (χ4n) is 2.53. The zero-order chi connectivity index (χ0) is 11.8. The molecule has 0 saturated heterocycles. The average Bonchev–Trinajstić information content (AvgIpc) is 3.11. The predicted octanol–water partition coefficient (Wildman–Crippen LogP) is 1.60. The van der Waals surface area contributed by atoms with E-state index in [0.717, 1.165) is 6.42 Å². The standard InChI is InChI=1S/C14H18N2O.ClH/c15-13(9-5-6-9)8-16-14(17)12-7-10-3-1-2-4-11(10)12;/h1-4,9,12-13H,5-8,15H2,(H,16,17);1H. The Morgan fingerprint density at radius 3 is 2.78 bits per heavy atom. The fraction of sp³-hybridized carbons (Fsp3) is 0.500. The van der Waals surface area contributed by atoms with Gasteiger partial charge in [-0.05, 0) is 36.3 Å². The van der Waals surface area contributed by atoms with Crippen LogP contribution in [-0.2, 0) is 11.2 Å². The molecule has 3 N–H and O–H groups in total. The normalized spacial score (nSPS) is 22.2. The molecule has 0 bridgehead atoms. The average molecular weight is 267 g/mol. The lowest BCUT2D eigenvalue weighted by molar-refractivity contribution is -0.123. The van der Waals surface area contributed by atoms with Gasteiger partial charge in [0.15, 0.2) is 0 Å². The van der Waals surface area contributed by atoms with E-state index in [1.54, 1.807) is 0 Å². The van der Waals surface area contributed by atoms with Gasteiger partial charge in [0.05, 0.1) is 5.92 Å². The van der Waals surface area contributed by atoms with E-state index < -0.39 is 0 Å². The molecule has 0 spiro atoms. The zero-order valence-electron chi connectivity index (χ0n) is 10.3. The highest BCUT2D eigenvalue weighted by Gasteiger charge is 2.33. The Morgan fingerprint density at radius 2 is 2.11 bits per heavy atom. The van der Waals surface area contributed by atoms with Crippen molar-refractivity contribution in [3.63, 3.8) is 0 Å². The molecule has 1 amide bonds. The molecule has 2 atom stereocenters. The van der Waals surface area contributed by atoms with E-state index in [1.165, 1.54) is 24.0 Å². The molecule has 0 heterocycles. The highest BCUT2D eigenvalue weighted by atomic mass is 35.5. The molecule has 1 aromatic rings. The summed E-state index contributed by atoms with van der Waals surface area (Å²) in [5.74, 6) is 0.835. The maximum Gasteiger partial charge on any atom is 0.227 e. The summed E-state index contributed by atoms with van der Waals surface area (Å²) < 4.78 is 0. The lowest BCUT2D eigenvalue weighted by Gasteiger charge is -2.29. The second-order valence-corrected chi connectivity index (χ2v) is 5.20. The number of carbonyl (C=O) groups excluding carboxylic acids is 1. The molecule has 2 aliphatic rings. The first kappa shape index (κ1) is 13.4. The summed E-state index contributed by atoms with van der Waals surface area (Å²) in [7, 11) is 0. The first-order valence-corrected chi connectivity index (χ1v) is 6.37. The molecule has 0 aliphatic heterocycles. The third kappa shape index (κ3) is 2.52. The molecule has 4 heteroatoms. The maximum atomic E-state index is 12.0. The predicted molar refractivity (Wildman–Crippen MR) is 73.8 cm³/mol. The minimum Gasteiger partial charge on any atom is -0.354 e. The molecule has 0 radical (unpaired) electrons. The van der Waals surface area contributed by atoms with Crippen LogP contribution in [0.15, 0.2) is 24.3 Å². The van der Waals surface area contributed by atoms with E-state index in [9.17, 15) is 4.79 Å². The van der Waals surface area contributed by atoms with E-state index in [1.807, 2.05) is 18.2 Å². The molecule has 1 fully saturated rings. The van der Waals surface area contributed by atoms with Gasteiger partial charge in [-0.1, -0.05) is 24.3 Å². The Bertz CT molecular complexity index is 445. The second-order valence-electron chi connectivity index (χ2n) is 5.20. The van der Waals surface area contributed by atoms with Crippen LogP contribution >= 0.6 is 12.4 Å². The Balaban J connectivity index is 0.00000120. The lowest BCUT2D eigenvalue weighted by atomic mass is 9.77. The largest absolute Gasteiger partial charge is 0.354 e. The first-order chi connectivity index (χ1) is 8.25. The third-order valence-electron chi connectivity index (χ3n) is 3.91. The van der Waals surface area contributed by atoms with Crippen LogP contribution in [0.4, 0.5) is 0 Å². The second kappa shape index (κ2) is 5.29. The quantitative estimate of drug-likeness (QED) is 0.870. The first-order valence-electron chi connectivity index (χ1n) is 6.37. The minimum atomic E-state index is 0. The summed E-state index contributed by atoms with van der Waals surface area (Å²) in [5.41, 5.74) is 8.46. The molecule has 2 aliphatic carbocycles. The SMILES string of the molecule is Cl.NC(CNC(=O)C1Cc2ccccc21)C1CC1. The number of nitrogens with one attached hydrogen (secondary N) is 1. The zero-order valence-corrected chi connectivity index (χ0v) is 11.1. The van der Waals surface area contributed by atoms with Gasteiger partial charge < -0.3 is 11.1 Å². The van der Waals surface area contributed by atoms with Gasteiger partial charge in [0.25, 0.3) is 0 Å². The van der Waals surface area contributed by atoms with Crippen molar-refractivity contribution in [1.29, 1.82) is 0 Å². The lowest BCUT2D eigenvalue weighted by Crippen LogP contribution is -2.42. The van der Waals surface area contributed by atoms with Crippen molar-refractivity contribution in [2.24, 2.45) is 11.7 Å². The monoisotopic (exact) mass is 266 g/mol. The van der Waals surface area contributed by atoms with Crippen molar-refractivity contribution in [2.45, 2.75) is 31.2 Å². The van der Waals surface area contributed by atoms with E-state index in [-0.39, 0.29) is 30.3 Å². The summed E-state index contributed by atoms with van der Waals surface area (Å²) in [6.07, 6.45) is 3.33. The molecule has 3 nitrogen and oxygen atoms in total. The summed E-state index contributed by atoms with van der Waals surface area (Å²) in [6.45, 7) is 0.627.